The maximum absolute atomic E-state index is 6.65. The fourth-order valence-electron chi connectivity index (χ4n) is 3.77. The van der Waals surface area contributed by atoms with Crippen molar-refractivity contribution in [1.29, 1.82) is 0 Å². The van der Waals surface area contributed by atoms with E-state index in [2.05, 4.69) is 66.0 Å². The van der Waals surface area contributed by atoms with E-state index in [9.17, 15) is 0 Å². The lowest BCUT2D eigenvalue weighted by Gasteiger charge is -2.16. The third kappa shape index (κ3) is 4.19. The van der Waals surface area contributed by atoms with Crippen molar-refractivity contribution in [2.24, 2.45) is 5.73 Å². The molecule has 2 aromatic carbocycles. The number of nitrogens with two attached hydrogens (primary N) is 1. The van der Waals surface area contributed by atoms with E-state index >= 15 is 0 Å². The molecular weight excluding hydrogens is 380 g/mol. The molecule has 0 saturated carbocycles. The van der Waals surface area contributed by atoms with Gasteiger partial charge in [0.1, 0.15) is 5.69 Å². The molecule has 1 atom stereocenters. The van der Waals surface area contributed by atoms with Crippen molar-refractivity contribution in [3.63, 3.8) is 0 Å². The fraction of sp³-hybridized carbons (Fsp3) is 0.250. The highest BCUT2D eigenvalue weighted by atomic mass is 35.5. The second kappa shape index (κ2) is 8.76. The summed E-state index contributed by atoms with van der Waals surface area (Å²) in [6.07, 6.45) is 0.696. The van der Waals surface area contributed by atoms with Crippen molar-refractivity contribution < 1.29 is 0 Å². The number of fused-ring (bicyclic) bond motifs is 1. The maximum Gasteiger partial charge on any atom is 0.100 e. The van der Waals surface area contributed by atoms with Gasteiger partial charge in [0, 0.05) is 40.8 Å². The number of nitrogens with zero attached hydrogens (tertiary/aromatic N) is 3. The van der Waals surface area contributed by atoms with Crippen LogP contribution in [0.1, 0.15) is 42.9 Å². The number of benzene rings is 2. The highest BCUT2D eigenvalue weighted by Crippen LogP contribution is 2.34. The zero-order chi connectivity index (χ0) is 19.7. The van der Waals surface area contributed by atoms with Crippen molar-refractivity contribution in [3.05, 3.63) is 83.7 Å². The van der Waals surface area contributed by atoms with E-state index in [-0.39, 0.29) is 24.5 Å². The van der Waals surface area contributed by atoms with Crippen molar-refractivity contribution in [1.82, 2.24) is 14.8 Å². The Morgan fingerprint density at radius 2 is 1.66 bits per heavy atom. The lowest BCUT2D eigenvalue weighted by molar-refractivity contribution is 0.552. The Labute approximate surface area is 178 Å². The van der Waals surface area contributed by atoms with E-state index in [0.29, 0.717) is 6.42 Å². The molecular formula is C24H27ClN4. The van der Waals surface area contributed by atoms with Gasteiger partial charge in [-0.1, -0.05) is 48.5 Å². The average Bonchev–Trinajstić information content (AvgIpc) is 3.08. The molecule has 29 heavy (non-hydrogen) atoms. The van der Waals surface area contributed by atoms with Crippen molar-refractivity contribution in [2.45, 2.75) is 39.3 Å². The highest BCUT2D eigenvalue weighted by molar-refractivity contribution is 5.94. The van der Waals surface area contributed by atoms with E-state index in [1.165, 1.54) is 0 Å². The number of halogens is 1. The smallest absolute Gasteiger partial charge is 0.100 e. The van der Waals surface area contributed by atoms with Crippen LogP contribution >= 0.6 is 12.4 Å². The lowest BCUT2D eigenvalue weighted by atomic mass is 9.94. The van der Waals surface area contributed by atoms with Crippen molar-refractivity contribution in [3.8, 4) is 11.3 Å². The van der Waals surface area contributed by atoms with Crippen LogP contribution in [0.3, 0.4) is 0 Å². The molecule has 4 aromatic rings. The number of hydrogen-bond acceptors (Lipinski definition) is 3. The molecule has 4 rings (SSSR count). The summed E-state index contributed by atoms with van der Waals surface area (Å²) < 4.78 is 2.09. The monoisotopic (exact) mass is 406 g/mol. The largest absolute Gasteiger partial charge is 0.324 e. The fourth-order valence-corrected chi connectivity index (χ4v) is 3.77. The number of para-hydroxylation sites is 1. The summed E-state index contributed by atoms with van der Waals surface area (Å²) >= 11 is 0. The normalized spacial score (nSPS) is 12.2. The zero-order valence-electron chi connectivity index (χ0n) is 17.0. The number of pyridine rings is 1. The van der Waals surface area contributed by atoms with Gasteiger partial charge in [0.2, 0.25) is 0 Å². The van der Waals surface area contributed by atoms with Crippen LogP contribution in [-0.2, 0) is 6.42 Å². The van der Waals surface area contributed by atoms with Gasteiger partial charge >= 0.3 is 0 Å². The summed E-state index contributed by atoms with van der Waals surface area (Å²) in [6.45, 7) is 6.32. The molecule has 0 saturated heterocycles. The maximum atomic E-state index is 6.65. The van der Waals surface area contributed by atoms with Gasteiger partial charge in [-0.25, -0.2) is 0 Å². The summed E-state index contributed by atoms with van der Waals surface area (Å²) in [5.41, 5.74) is 13.0. The first-order chi connectivity index (χ1) is 13.5. The Hall–Kier alpha value is -2.69. The van der Waals surface area contributed by atoms with E-state index in [1.807, 2.05) is 31.2 Å². The number of aryl methyl sites for hydroxylation is 1. The molecule has 4 nitrogen and oxygen atoms in total. The summed E-state index contributed by atoms with van der Waals surface area (Å²) in [5, 5.41) is 6.13. The van der Waals surface area contributed by atoms with E-state index in [0.717, 1.165) is 39.1 Å². The summed E-state index contributed by atoms with van der Waals surface area (Å²) in [6, 6.07) is 23.0. The Morgan fingerprint density at radius 3 is 2.41 bits per heavy atom. The standard InChI is InChI=1S/C24H26N4.ClH/c1-16(2)28-23-14-7-6-13-21(23)24(27-28)20-12-5-4-11-19(20)22(25)15-18-10-8-9-17(3)26-18;/h4-14,16,22H,15,25H2,1-3H3;1H/t22-;/m0./s1. The van der Waals surface area contributed by atoms with E-state index < -0.39 is 0 Å². The molecule has 0 radical (unpaired) electrons. The van der Waals surface area contributed by atoms with Crippen LogP contribution in [0.25, 0.3) is 22.2 Å². The Bertz CT molecular complexity index is 1120. The molecule has 0 aliphatic carbocycles. The molecule has 0 amide bonds. The predicted octanol–water partition coefficient (Wildman–Crippen LogP) is 5.65. The molecule has 2 heterocycles. The van der Waals surface area contributed by atoms with Crippen LogP contribution in [-0.4, -0.2) is 14.8 Å². The first-order valence-corrected chi connectivity index (χ1v) is 9.79. The van der Waals surface area contributed by atoms with Crippen LogP contribution in [0.2, 0.25) is 0 Å². The Kier molecular flexibility index (Phi) is 6.36. The molecule has 150 valence electrons. The van der Waals surface area contributed by atoms with Crippen LogP contribution in [0.5, 0.6) is 0 Å². The second-order valence-corrected chi connectivity index (χ2v) is 7.57. The molecule has 2 aromatic heterocycles. The highest BCUT2D eigenvalue weighted by Gasteiger charge is 2.19. The average molecular weight is 407 g/mol. The molecule has 0 spiro atoms. The van der Waals surface area contributed by atoms with Crippen LogP contribution in [0, 0.1) is 6.92 Å². The van der Waals surface area contributed by atoms with Gasteiger partial charge in [-0.2, -0.15) is 5.10 Å². The summed E-state index contributed by atoms with van der Waals surface area (Å²) in [7, 11) is 0. The number of rotatable bonds is 5. The topological polar surface area (TPSA) is 56.7 Å². The van der Waals surface area contributed by atoms with Crippen LogP contribution < -0.4 is 5.73 Å². The SMILES string of the molecule is Cc1cccc(C[C@H](N)c2ccccc2-c2nn(C(C)C)c3ccccc23)n1.Cl. The van der Waals surface area contributed by atoms with Gasteiger partial charge in [-0.05, 0) is 44.5 Å². The van der Waals surface area contributed by atoms with Crippen molar-refractivity contribution >= 4 is 23.3 Å². The quantitative estimate of drug-likeness (QED) is 0.465. The Balaban J connectivity index is 0.00000240. The van der Waals surface area contributed by atoms with Gasteiger partial charge in [-0.15, -0.1) is 12.4 Å². The third-order valence-corrected chi connectivity index (χ3v) is 5.09. The van der Waals surface area contributed by atoms with Crippen molar-refractivity contribution in [2.75, 3.05) is 0 Å². The van der Waals surface area contributed by atoms with E-state index in [1.54, 1.807) is 0 Å². The minimum absolute atomic E-state index is 0. The van der Waals surface area contributed by atoms with Gasteiger partial charge in [0.15, 0.2) is 0 Å². The van der Waals surface area contributed by atoms with E-state index in [4.69, 9.17) is 10.8 Å². The second-order valence-electron chi connectivity index (χ2n) is 7.57. The lowest BCUT2D eigenvalue weighted by Crippen LogP contribution is -2.15. The molecule has 0 fully saturated rings. The van der Waals surface area contributed by atoms with Gasteiger partial charge in [-0.3, -0.25) is 9.67 Å². The number of aromatic nitrogens is 3. The van der Waals surface area contributed by atoms with Gasteiger partial charge < -0.3 is 5.73 Å². The number of hydrogen-bond donors (Lipinski definition) is 1. The predicted molar refractivity (Wildman–Crippen MR) is 122 cm³/mol. The minimum atomic E-state index is -0.145. The third-order valence-electron chi connectivity index (χ3n) is 5.09. The molecule has 0 unspecified atom stereocenters. The van der Waals surface area contributed by atoms with Gasteiger partial charge in [0.25, 0.3) is 0 Å². The summed E-state index contributed by atoms with van der Waals surface area (Å²) in [5.74, 6) is 0. The minimum Gasteiger partial charge on any atom is -0.324 e. The molecule has 0 bridgehead atoms. The zero-order valence-corrected chi connectivity index (χ0v) is 17.9. The molecule has 2 N–H and O–H groups in total. The molecule has 0 aliphatic heterocycles. The van der Waals surface area contributed by atoms with Crippen LogP contribution in [0.15, 0.2) is 66.7 Å². The Morgan fingerprint density at radius 1 is 0.931 bits per heavy atom. The van der Waals surface area contributed by atoms with Crippen LogP contribution in [0.4, 0.5) is 0 Å². The molecule has 0 aliphatic rings. The molecule has 5 heteroatoms. The summed E-state index contributed by atoms with van der Waals surface area (Å²) in [4.78, 5) is 4.62. The van der Waals surface area contributed by atoms with Gasteiger partial charge in [0.05, 0.1) is 5.52 Å². The first kappa shape index (κ1) is 21.0. The first-order valence-electron chi connectivity index (χ1n) is 9.79.